The monoisotopic (exact) mass is 517 g/mol. The Bertz CT molecular complexity index is 1270. The van der Waals surface area contributed by atoms with Crippen molar-refractivity contribution in [2.45, 2.75) is 77.4 Å². The highest BCUT2D eigenvalue weighted by atomic mass is 16.6. The van der Waals surface area contributed by atoms with E-state index >= 15 is 0 Å². The molecule has 1 aliphatic heterocycles. The minimum absolute atomic E-state index is 0.0954. The number of benzene rings is 1. The van der Waals surface area contributed by atoms with Gasteiger partial charge in [0.15, 0.2) is 11.6 Å². The van der Waals surface area contributed by atoms with Crippen LogP contribution in [-0.4, -0.2) is 58.6 Å². The second-order valence-electron chi connectivity index (χ2n) is 12.2. The van der Waals surface area contributed by atoms with Gasteiger partial charge in [-0.05, 0) is 52.4 Å². The molecule has 1 aromatic carbocycles. The summed E-state index contributed by atoms with van der Waals surface area (Å²) in [6, 6.07) is 10.3. The first-order chi connectivity index (χ1) is 18.0. The number of amides is 1. The van der Waals surface area contributed by atoms with E-state index in [2.05, 4.69) is 25.1 Å². The largest absolute Gasteiger partial charge is 0.444 e. The van der Waals surface area contributed by atoms with Gasteiger partial charge in [-0.25, -0.2) is 14.8 Å². The molecule has 4 atom stereocenters. The Balaban J connectivity index is 1.61. The third kappa shape index (κ3) is 4.77. The van der Waals surface area contributed by atoms with E-state index in [0.717, 1.165) is 40.9 Å². The molecular formula is C31H39N3O4. The van der Waals surface area contributed by atoms with E-state index in [1.54, 1.807) is 12.0 Å². The van der Waals surface area contributed by atoms with Gasteiger partial charge in [-0.15, -0.1) is 0 Å². The van der Waals surface area contributed by atoms with Crippen LogP contribution in [0.3, 0.4) is 0 Å². The molecule has 3 aliphatic rings. The third-order valence-electron chi connectivity index (χ3n) is 8.47. The summed E-state index contributed by atoms with van der Waals surface area (Å²) >= 11 is 0. The average Bonchev–Trinajstić information content (AvgIpc) is 2.90. The molecule has 2 heterocycles. The summed E-state index contributed by atoms with van der Waals surface area (Å²) in [7, 11) is 1.63. The zero-order chi connectivity index (χ0) is 27.2. The number of carbonyl (C=O) groups excluding carboxylic acids is 2. The minimum Gasteiger partial charge on any atom is -0.444 e. The molecule has 2 aliphatic carbocycles. The molecule has 1 aromatic heterocycles. The molecule has 0 bridgehead atoms. The van der Waals surface area contributed by atoms with E-state index in [0.29, 0.717) is 31.8 Å². The Morgan fingerprint density at radius 3 is 2.58 bits per heavy atom. The maximum Gasteiger partial charge on any atom is 0.410 e. The highest BCUT2D eigenvalue weighted by Gasteiger charge is 2.53. The molecule has 38 heavy (non-hydrogen) atoms. The number of ketones is 1. The van der Waals surface area contributed by atoms with Crippen LogP contribution in [0, 0.1) is 11.8 Å². The number of methoxy groups -OCH3 is 1. The van der Waals surface area contributed by atoms with Crippen LogP contribution >= 0.6 is 0 Å². The fourth-order valence-electron chi connectivity index (χ4n) is 6.58. The molecule has 7 heteroatoms. The van der Waals surface area contributed by atoms with Gasteiger partial charge in [-0.2, -0.15) is 0 Å². The van der Waals surface area contributed by atoms with Crippen molar-refractivity contribution in [1.82, 2.24) is 14.9 Å². The molecule has 0 spiro atoms. The summed E-state index contributed by atoms with van der Waals surface area (Å²) in [5, 5.41) is 0. The molecule has 1 saturated carbocycles. The number of ether oxygens (including phenoxy) is 2. The van der Waals surface area contributed by atoms with Crippen molar-refractivity contribution in [3.05, 3.63) is 53.5 Å². The van der Waals surface area contributed by atoms with E-state index < -0.39 is 11.7 Å². The maximum atomic E-state index is 13.1. The number of hydrogen-bond donors (Lipinski definition) is 0. The van der Waals surface area contributed by atoms with E-state index in [1.165, 1.54) is 0 Å². The molecule has 1 amide bonds. The quantitative estimate of drug-likeness (QED) is 0.526. The van der Waals surface area contributed by atoms with E-state index in [1.807, 2.05) is 45.9 Å². The van der Waals surface area contributed by atoms with Crippen LogP contribution in [0.2, 0.25) is 0 Å². The lowest BCUT2D eigenvalue weighted by Gasteiger charge is -2.50. The summed E-state index contributed by atoms with van der Waals surface area (Å²) in [6.07, 6.45) is 4.46. The van der Waals surface area contributed by atoms with Crippen LogP contribution in [0.4, 0.5) is 4.79 Å². The Hall–Kier alpha value is -3.06. The first-order valence-electron chi connectivity index (χ1n) is 13.7. The molecule has 202 valence electrons. The molecule has 1 fully saturated rings. The number of rotatable bonds is 3. The molecule has 5 rings (SSSR count). The number of carbonyl (C=O) groups is 2. The second-order valence-corrected chi connectivity index (χ2v) is 12.2. The van der Waals surface area contributed by atoms with Gasteiger partial charge in [0.25, 0.3) is 0 Å². The number of aromatic nitrogens is 2. The summed E-state index contributed by atoms with van der Waals surface area (Å²) in [5.41, 5.74) is 4.23. The fourth-order valence-corrected chi connectivity index (χ4v) is 6.58. The van der Waals surface area contributed by atoms with Crippen LogP contribution in [0.5, 0.6) is 0 Å². The molecule has 0 N–H and O–H groups in total. The van der Waals surface area contributed by atoms with Crippen molar-refractivity contribution < 1.29 is 19.1 Å². The Morgan fingerprint density at radius 2 is 1.89 bits per heavy atom. The Kier molecular flexibility index (Phi) is 6.93. The van der Waals surface area contributed by atoms with Crippen molar-refractivity contribution in [3.8, 4) is 11.3 Å². The maximum absolute atomic E-state index is 13.1. The molecule has 0 radical (unpaired) electrons. The number of hydrogen-bond acceptors (Lipinski definition) is 6. The second kappa shape index (κ2) is 9.92. The van der Waals surface area contributed by atoms with Gasteiger partial charge in [0.1, 0.15) is 11.7 Å². The minimum atomic E-state index is -0.558. The van der Waals surface area contributed by atoms with Gasteiger partial charge in [0.2, 0.25) is 0 Å². The van der Waals surface area contributed by atoms with Gasteiger partial charge >= 0.3 is 6.09 Å². The summed E-state index contributed by atoms with van der Waals surface area (Å²) < 4.78 is 11.3. The highest BCUT2D eigenvalue weighted by Crippen LogP contribution is 2.52. The smallest absolute Gasteiger partial charge is 0.410 e. The predicted octanol–water partition coefficient (Wildman–Crippen LogP) is 5.61. The standard InChI is InChI=1S/C31H39N3O4/c1-19-23-15-14-22-25(20-11-8-7-9-12-20)32-28(33-27(22)31(23,5)17-24(37-6)26(19)35)21-13-10-16-34(18-21)29(36)38-30(2,3)4/h7-9,11-13,19,23-24H,10,14-18H2,1-6H3/t19-,23-,24?,31-/m1/s1. The van der Waals surface area contributed by atoms with Crippen LogP contribution in [0.1, 0.15) is 71.0 Å². The topological polar surface area (TPSA) is 81.6 Å². The van der Waals surface area contributed by atoms with Gasteiger partial charge in [-0.3, -0.25) is 4.79 Å². The van der Waals surface area contributed by atoms with Crippen molar-refractivity contribution in [2.75, 3.05) is 20.2 Å². The number of Topliss-reactive ketones (excluding diaryl/α,β-unsaturated/α-hetero) is 1. The lowest BCUT2D eigenvalue weighted by atomic mass is 9.55. The lowest BCUT2D eigenvalue weighted by Crippen LogP contribution is -2.53. The normalized spacial score (nSPS) is 27.3. The van der Waals surface area contributed by atoms with Crippen molar-refractivity contribution in [2.24, 2.45) is 11.8 Å². The van der Waals surface area contributed by atoms with Crippen LogP contribution in [0.25, 0.3) is 16.8 Å². The third-order valence-corrected chi connectivity index (χ3v) is 8.47. The highest BCUT2D eigenvalue weighted by molar-refractivity contribution is 5.87. The van der Waals surface area contributed by atoms with Crippen molar-refractivity contribution in [3.63, 3.8) is 0 Å². The predicted molar refractivity (Wildman–Crippen MR) is 147 cm³/mol. The number of nitrogens with zero attached hydrogens (tertiary/aromatic N) is 3. The number of fused-ring (bicyclic) bond motifs is 3. The first kappa shape index (κ1) is 26.5. The van der Waals surface area contributed by atoms with Gasteiger partial charge in [0, 0.05) is 41.7 Å². The average molecular weight is 518 g/mol. The molecule has 0 saturated heterocycles. The van der Waals surface area contributed by atoms with Crippen molar-refractivity contribution >= 4 is 17.4 Å². The first-order valence-corrected chi connectivity index (χ1v) is 13.7. The molecule has 7 nitrogen and oxygen atoms in total. The molecular weight excluding hydrogens is 478 g/mol. The molecule has 1 unspecified atom stereocenters. The zero-order valence-electron chi connectivity index (χ0n) is 23.4. The Labute approximate surface area is 225 Å². The van der Waals surface area contributed by atoms with Crippen molar-refractivity contribution in [1.29, 1.82) is 0 Å². The van der Waals surface area contributed by atoms with Crippen LogP contribution in [0.15, 0.2) is 36.4 Å². The van der Waals surface area contributed by atoms with E-state index in [9.17, 15) is 9.59 Å². The van der Waals surface area contributed by atoms with E-state index in [4.69, 9.17) is 19.4 Å². The van der Waals surface area contributed by atoms with E-state index in [-0.39, 0.29) is 29.1 Å². The zero-order valence-corrected chi connectivity index (χ0v) is 23.4. The SMILES string of the molecule is COC1C[C@@]2(C)c3nc(C4=CCCN(C(=O)OC(C)(C)C)C4)nc(-c4ccccc4)c3CC[C@@H]2[C@@H](C)C1=O. The van der Waals surface area contributed by atoms with Gasteiger partial charge < -0.3 is 14.4 Å². The summed E-state index contributed by atoms with van der Waals surface area (Å²) in [5.74, 6) is 0.941. The summed E-state index contributed by atoms with van der Waals surface area (Å²) in [6.45, 7) is 10.9. The lowest BCUT2D eigenvalue weighted by molar-refractivity contribution is -0.143. The van der Waals surface area contributed by atoms with Crippen LogP contribution < -0.4 is 0 Å². The van der Waals surface area contributed by atoms with Gasteiger partial charge in [-0.1, -0.05) is 50.3 Å². The summed E-state index contributed by atoms with van der Waals surface area (Å²) in [4.78, 5) is 38.0. The van der Waals surface area contributed by atoms with Crippen LogP contribution in [-0.2, 0) is 26.1 Å². The fraction of sp³-hybridized carbons (Fsp3) is 0.548. The van der Waals surface area contributed by atoms with Gasteiger partial charge in [0.05, 0.1) is 17.9 Å². The molecule has 2 aromatic rings. The Morgan fingerprint density at radius 1 is 1.16 bits per heavy atom.